The number of aromatic nitrogens is 3. The van der Waals surface area contributed by atoms with Crippen molar-refractivity contribution in [3.05, 3.63) is 40.5 Å². The van der Waals surface area contributed by atoms with Gasteiger partial charge in [-0.3, -0.25) is 0 Å². The molecule has 0 N–H and O–H groups in total. The molecular formula is C20H23N3S. The Morgan fingerprint density at radius 2 is 1.79 bits per heavy atom. The van der Waals surface area contributed by atoms with Crippen LogP contribution in [-0.4, -0.2) is 14.6 Å². The van der Waals surface area contributed by atoms with Crippen LogP contribution in [0.4, 0.5) is 0 Å². The van der Waals surface area contributed by atoms with Gasteiger partial charge in [0.2, 0.25) is 4.96 Å². The van der Waals surface area contributed by atoms with Gasteiger partial charge in [0.05, 0.1) is 11.9 Å². The first kappa shape index (κ1) is 14.6. The van der Waals surface area contributed by atoms with Crippen molar-refractivity contribution in [1.82, 2.24) is 14.6 Å². The minimum Gasteiger partial charge on any atom is -0.217 e. The number of hydrogen-bond acceptors (Lipinski definition) is 3. The molecule has 0 saturated heterocycles. The van der Waals surface area contributed by atoms with Crippen LogP contribution in [0.3, 0.4) is 0 Å². The monoisotopic (exact) mass is 337 g/mol. The second-order valence-electron chi connectivity index (χ2n) is 7.32. The van der Waals surface area contributed by atoms with Crippen LogP contribution >= 0.6 is 11.3 Å². The highest BCUT2D eigenvalue weighted by Gasteiger charge is 2.21. The third-order valence-electron chi connectivity index (χ3n) is 5.66. The lowest BCUT2D eigenvalue weighted by molar-refractivity contribution is 0.439. The molecule has 124 valence electrons. The maximum Gasteiger partial charge on any atom is 0.212 e. The Bertz CT molecular complexity index is 839. The zero-order chi connectivity index (χ0) is 15.9. The first-order valence-corrected chi connectivity index (χ1v) is 10.2. The topological polar surface area (TPSA) is 30.2 Å². The van der Waals surface area contributed by atoms with Crippen molar-refractivity contribution >= 4 is 16.3 Å². The summed E-state index contributed by atoms with van der Waals surface area (Å²) in [4.78, 5) is 5.91. The summed E-state index contributed by atoms with van der Waals surface area (Å²) in [5.41, 5.74) is 5.36. The van der Waals surface area contributed by atoms with E-state index < -0.39 is 0 Å². The van der Waals surface area contributed by atoms with Crippen LogP contribution in [0.2, 0.25) is 0 Å². The molecule has 0 unspecified atom stereocenters. The van der Waals surface area contributed by atoms with Crippen LogP contribution in [0.15, 0.2) is 24.4 Å². The molecule has 0 spiro atoms. The average Bonchev–Trinajstić information content (AvgIpc) is 3.21. The number of aryl methyl sites for hydroxylation is 2. The Hall–Kier alpha value is -1.68. The van der Waals surface area contributed by atoms with Crippen LogP contribution in [0.25, 0.3) is 16.2 Å². The quantitative estimate of drug-likeness (QED) is 0.628. The number of imidazole rings is 1. The van der Waals surface area contributed by atoms with E-state index >= 15 is 0 Å². The SMILES string of the molecule is c1cc2c(cc1-c1cn3nc(C4CCCCC4)sc3n1)CCCC2. The third kappa shape index (κ3) is 2.57. The predicted octanol–water partition coefficient (Wildman–Crippen LogP) is 5.38. The molecule has 2 aliphatic rings. The molecule has 1 aromatic carbocycles. The van der Waals surface area contributed by atoms with Gasteiger partial charge in [0.15, 0.2) is 0 Å². The summed E-state index contributed by atoms with van der Waals surface area (Å²) in [7, 11) is 0. The van der Waals surface area contributed by atoms with Crippen molar-refractivity contribution in [2.45, 2.75) is 63.7 Å². The van der Waals surface area contributed by atoms with Gasteiger partial charge in [-0.2, -0.15) is 5.10 Å². The summed E-state index contributed by atoms with van der Waals surface area (Å²) in [5.74, 6) is 0.664. The molecule has 4 heteroatoms. The van der Waals surface area contributed by atoms with Crippen LogP contribution < -0.4 is 0 Å². The molecule has 3 nitrogen and oxygen atoms in total. The molecule has 0 atom stereocenters. The minimum absolute atomic E-state index is 0.664. The Morgan fingerprint density at radius 1 is 0.958 bits per heavy atom. The van der Waals surface area contributed by atoms with E-state index in [0.717, 1.165) is 10.7 Å². The van der Waals surface area contributed by atoms with E-state index in [1.165, 1.54) is 79.5 Å². The van der Waals surface area contributed by atoms with Gasteiger partial charge in [0, 0.05) is 11.5 Å². The Balaban J connectivity index is 1.46. The van der Waals surface area contributed by atoms with Crippen molar-refractivity contribution in [1.29, 1.82) is 0 Å². The lowest BCUT2D eigenvalue weighted by Crippen LogP contribution is -2.04. The molecule has 1 saturated carbocycles. The van der Waals surface area contributed by atoms with Crippen LogP contribution in [0, 0.1) is 0 Å². The van der Waals surface area contributed by atoms with Gasteiger partial charge in [0.25, 0.3) is 0 Å². The molecule has 5 rings (SSSR count). The van der Waals surface area contributed by atoms with E-state index in [1.54, 1.807) is 11.3 Å². The first-order valence-electron chi connectivity index (χ1n) is 9.35. The van der Waals surface area contributed by atoms with E-state index in [9.17, 15) is 0 Å². The van der Waals surface area contributed by atoms with Gasteiger partial charge in [-0.1, -0.05) is 42.7 Å². The van der Waals surface area contributed by atoms with E-state index in [-0.39, 0.29) is 0 Å². The van der Waals surface area contributed by atoms with Crippen molar-refractivity contribution in [3.63, 3.8) is 0 Å². The molecule has 24 heavy (non-hydrogen) atoms. The van der Waals surface area contributed by atoms with Crippen molar-refractivity contribution < 1.29 is 0 Å². The molecule has 2 heterocycles. The Labute approximate surface area is 146 Å². The van der Waals surface area contributed by atoms with Crippen molar-refractivity contribution in [3.8, 4) is 11.3 Å². The second-order valence-corrected chi connectivity index (χ2v) is 8.31. The van der Waals surface area contributed by atoms with E-state index in [1.807, 2.05) is 4.52 Å². The molecule has 0 bridgehead atoms. The van der Waals surface area contributed by atoms with Crippen LogP contribution in [-0.2, 0) is 12.8 Å². The summed E-state index contributed by atoms with van der Waals surface area (Å²) in [5, 5.41) is 6.13. The molecule has 2 aromatic heterocycles. The Morgan fingerprint density at radius 3 is 2.62 bits per heavy atom. The van der Waals surface area contributed by atoms with Crippen molar-refractivity contribution in [2.24, 2.45) is 0 Å². The highest BCUT2D eigenvalue weighted by molar-refractivity contribution is 7.16. The van der Waals surface area contributed by atoms with Gasteiger partial charge in [-0.25, -0.2) is 9.50 Å². The molecule has 1 fully saturated rings. The number of fused-ring (bicyclic) bond motifs is 2. The zero-order valence-corrected chi connectivity index (χ0v) is 14.8. The predicted molar refractivity (Wildman–Crippen MR) is 98.8 cm³/mol. The molecular weight excluding hydrogens is 314 g/mol. The molecule has 0 radical (unpaired) electrons. The summed E-state index contributed by atoms with van der Waals surface area (Å²) < 4.78 is 2.00. The van der Waals surface area contributed by atoms with Crippen molar-refractivity contribution in [2.75, 3.05) is 0 Å². The van der Waals surface area contributed by atoms with E-state index in [0.29, 0.717) is 5.92 Å². The highest BCUT2D eigenvalue weighted by Crippen LogP contribution is 2.35. The highest BCUT2D eigenvalue weighted by atomic mass is 32.1. The summed E-state index contributed by atoms with van der Waals surface area (Å²) in [6, 6.07) is 6.89. The fourth-order valence-corrected chi connectivity index (χ4v) is 5.31. The summed E-state index contributed by atoms with van der Waals surface area (Å²) >= 11 is 1.79. The number of rotatable bonds is 2. The number of hydrogen-bond donors (Lipinski definition) is 0. The summed E-state index contributed by atoms with van der Waals surface area (Å²) in [6.45, 7) is 0. The van der Waals surface area contributed by atoms with Gasteiger partial charge < -0.3 is 0 Å². The lowest BCUT2D eigenvalue weighted by atomic mass is 9.90. The van der Waals surface area contributed by atoms with Gasteiger partial charge in [-0.05, 0) is 55.7 Å². The molecule has 2 aliphatic carbocycles. The molecule has 3 aromatic rings. The maximum atomic E-state index is 4.87. The van der Waals surface area contributed by atoms with Crippen LogP contribution in [0.5, 0.6) is 0 Å². The minimum atomic E-state index is 0.664. The van der Waals surface area contributed by atoms with Gasteiger partial charge >= 0.3 is 0 Å². The number of benzene rings is 1. The fourth-order valence-electron chi connectivity index (χ4n) is 4.26. The smallest absolute Gasteiger partial charge is 0.212 e. The molecule has 0 aliphatic heterocycles. The lowest BCUT2D eigenvalue weighted by Gasteiger charge is -2.18. The fraction of sp³-hybridized carbons (Fsp3) is 0.500. The zero-order valence-electron chi connectivity index (χ0n) is 14.0. The third-order valence-corrected chi connectivity index (χ3v) is 6.74. The average molecular weight is 337 g/mol. The van der Waals surface area contributed by atoms with E-state index in [2.05, 4.69) is 24.4 Å². The van der Waals surface area contributed by atoms with Crippen LogP contribution in [0.1, 0.15) is 67.0 Å². The van der Waals surface area contributed by atoms with Gasteiger partial charge in [-0.15, -0.1) is 0 Å². The Kier molecular flexibility index (Phi) is 3.66. The largest absolute Gasteiger partial charge is 0.217 e. The van der Waals surface area contributed by atoms with Gasteiger partial charge in [0.1, 0.15) is 5.01 Å². The number of nitrogens with zero attached hydrogens (tertiary/aromatic N) is 3. The second kappa shape index (κ2) is 5.99. The maximum absolute atomic E-state index is 4.87. The standard InChI is InChI=1S/C20H23N3S/c1-2-7-15(8-3-1)19-22-23-13-18(21-20(23)24-19)17-11-10-14-6-4-5-9-16(14)12-17/h10-13,15H,1-9H2. The summed E-state index contributed by atoms with van der Waals surface area (Å²) in [6.07, 6.45) is 13.9. The first-order chi connectivity index (χ1) is 11.9. The van der Waals surface area contributed by atoms with E-state index in [4.69, 9.17) is 10.1 Å². The normalized spacial score (nSPS) is 18.8. The molecule has 0 amide bonds.